The molecule has 1 aliphatic rings. The molecule has 0 aromatic heterocycles. The summed E-state index contributed by atoms with van der Waals surface area (Å²) in [6, 6.07) is 9.43. The van der Waals surface area contributed by atoms with Crippen LogP contribution in [0.4, 0.5) is 8.78 Å². The second-order valence-electron chi connectivity index (χ2n) is 6.88. The highest BCUT2D eigenvalue weighted by atomic mass is 35.5. The number of rotatable bonds is 5. The first-order chi connectivity index (χ1) is 13.2. The fraction of sp³-hybridized carbons (Fsp3) is 0.350. The van der Waals surface area contributed by atoms with Crippen molar-refractivity contribution in [3.63, 3.8) is 0 Å². The second-order valence-corrected chi connectivity index (χ2v) is 7.28. The Bertz CT molecular complexity index is 862. The number of hydrogen-bond acceptors (Lipinski definition) is 4. The summed E-state index contributed by atoms with van der Waals surface area (Å²) in [5.41, 5.74) is -1.17. The third-order valence-corrected chi connectivity index (χ3v) is 4.94. The number of likely N-dealkylation sites (tertiary alicyclic amines) is 1. The van der Waals surface area contributed by atoms with Crippen molar-refractivity contribution in [1.29, 1.82) is 0 Å². The summed E-state index contributed by atoms with van der Waals surface area (Å²) in [6.45, 7) is 1.80. The van der Waals surface area contributed by atoms with Crippen molar-refractivity contribution in [1.82, 2.24) is 4.90 Å². The number of piperidine rings is 1. The maximum Gasteiger partial charge on any atom is 0.260 e. The number of ether oxygens (including phenoxy) is 2. The van der Waals surface area contributed by atoms with Gasteiger partial charge in [0.05, 0.1) is 11.6 Å². The summed E-state index contributed by atoms with van der Waals surface area (Å²) in [5.74, 6) is -0.792. The van der Waals surface area contributed by atoms with Crippen molar-refractivity contribution in [3.8, 4) is 11.5 Å². The molecular weight excluding hydrogens is 392 g/mol. The van der Waals surface area contributed by atoms with Crippen LogP contribution in [0.5, 0.6) is 11.5 Å². The lowest BCUT2D eigenvalue weighted by atomic mass is 9.90. The van der Waals surface area contributed by atoms with Gasteiger partial charge in [0, 0.05) is 18.7 Å². The first kappa shape index (κ1) is 20.4. The minimum atomic E-state index is -1.17. The van der Waals surface area contributed by atoms with E-state index in [1.807, 2.05) is 0 Å². The molecule has 1 fully saturated rings. The first-order valence-electron chi connectivity index (χ1n) is 8.75. The van der Waals surface area contributed by atoms with Crippen LogP contribution >= 0.6 is 11.6 Å². The monoisotopic (exact) mass is 411 g/mol. The molecule has 0 unspecified atom stereocenters. The largest absolute Gasteiger partial charge is 0.485 e. The van der Waals surface area contributed by atoms with E-state index in [9.17, 15) is 18.7 Å². The van der Waals surface area contributed by atoms with E-state index in [4.69, 9.17) is 21.1 Å². The molecule has 2 atom stereocenters. The molecule has 1 N–H and O–H groups in total. The Hall–Kier alpha value is -2.38. The van der Waals surface area contributed by atoms with E-state index < -0.39 is 23.3 Å². The van der Waals surface area contributed by atoms with Gasteiger partial charge in [-0.25, -0.2) is 8.78 Å². The number of aliphatic hydroxyl groups is 1. The van der Waals surface area contributed by atoms with E-state index >= 15 is 0 Å². The molecule has 28 heavy (non-hydrogen) atoms. The van der Waals surface area contributed by atoms with Gasteiger partial charge >= 0.3 is 0 Å². The van der Waals surface area contributed by atoms with Crippen molar-refractivity contribution in [3.05, 3.63) is 59.1 Å². The topological polar surface area (TPSA) is 59.0 Å². The summed E-state index contributed by atoms with van der Waals surface area (Å²) in [4.78, 5) is 14.0. The van der Waals surface area contributed by atoms with Crippen molar-refractivity contribution in [2.75, 3.05) is 19.7 Å². The van der Waals surface area contributed by atoms with Crippen molar-refractivity contribution >= 4 is 17.5 Å². The van der Waals surface area contributed by atoms with E-state index in [-0.39, 0.29) is 35.6 Å². The van der Waals surface area contributed by atoms with Crippen molar-refractivity contribution in [2.45, 2.75) is 25.0 Å². The van der Waals surface area contributed by atoms with Crippen molar-refractivity contribution in [2.24, 2.45) is 0 Å². The fourth-order valence-corrected chi connectivity index (χ4v) is 3.08. The molecule has 0 saturated carbocycles. The Morgan fingerprint density at radius 1 is 1.29 bits per heavy atom. The quantitative estimate of drug-likeness (QED) is 0.819. The minimum absolute atomic E-state index is 0.0949. The zero-order valence-corrected chi connectivity index (χ0v) is 16.0. The van der Waals surface area contributed by atoms with E-state index in [1.165, 1.54) is 35.2 Å². The number of halogens is 3. The summed E-state index contributed by atoms with van der Waals surface area (Å²) in [5, 5.41) is 10.5. The van der Waals surface area contributed by atoms with Crippen LogP contribution in [-0.2, 0) is 4.79 Å². The van der Waals surface area contributed by atoms with E-state index in [1.54, 1.807) is 13.0 Å². The Kier molecular flexibility index (Phi) is 6.05. The van der Waals surface area contributed by atoms with Crippen molar-refractivity contribution < 1.29 is 28.2 Å². The van der Waals surface area contributed by atoms with Crippen LogP contribution in [0.1, 0.15) is 13.3 Å². The lowest BCUT2D eigenvalue weighted by Gasteiger charge is -2.42. The Balaban J connectivity index is 1.62. The molecular formula is C20H20ClF2NO4. The molecule has 150 valence electrons. The SMILES string of the molecule is C[C@]1(O)CCN(C(=O)COc2ccc(F)c(Cl)c2)C[C@@H]1Oc1cccc(F)c1. The van der Waals surface area contributed by atoms with Gasteiger partial charge < -0.3 is 19.5 Å². The zero-order chi connectivity index (χ0) is 20.3. The maximum atomic E-state index is 13.4. The minimum Gasteiger partial charge on any atom is -0.485 e. The summed E-state index contributed by atoms with van der Waals surface area (Å²) in [7, 11) is 0. The molecule has 0 radical (unpaired) electrons. The van der Waals surface area contributed by atoms with Gasteiger partial charge in [-0.05, 0) is 37.6 Å². The van der Waals surface area contributed by atoms with Crippen LogP contribution in [0.2, 0.25) is 5.02 Å². The lowest BCUT2D eigenvalue weighted by Crippen LogP contribution is -2.58. The van der Waals surface area contributed by atoms with Gasteiger partial charge in [0.25, 0.3) is 5.91 Å². The predicted molar refractivity (Wildman–Crippen MR) is 99.5 cm³/mol. The molecule has 0 aliphatic carbocycles. The molecule has 1 heterocycles. The first-order valence-corrected chi connectivity index (χ1v) is 9.12. The van der Waals surface area contributed by atoms with Crippen LogP contribution in [0.25, 0.3) is 0 Å². The standard InChI is InChI=1S/C20H20ClF2NO4/c1-20(26)7-8-24(11-18(20)28-15-4-2-3-13(22)9-15)19(25)12-27-14-5-6-17(23)16(21)10-14/h2-6,9-10,18,26H,7-8,11-12H2,1H3/t18-,20-/m0/s1. The smallest absolute Gasteiger partial charge is 0.260 e. The predicted octanol–water partition coefficient (Wildman–Crippen LogP) is 3.43. The molecule has 1 amide bonds. The number of benzene rings is 2. The number of hydrogen-bond donors (Lipinski definition) is 1. The molecule has 2 aromatic carbocycles. The lowest BCUT2D eigenvalue weighted by molar-refractivity contribution is -0.145. The Labute approximate surface area is 166 Å². The van der Waals surface area contributed by atoms with Crippen LogP contribution < -0.4 is 9.47 Å². The summed E-state index contributed by atoms with van der Waals surface area (Å²) in [6.07, 6.45) is -0.437. The third kappa shape index (κ3) is 4.91. The maximum absolute atomic E-state index is 13.4. The molecule has 0 spiro atoms. The van der Waals surface area contributed by atoms with Gasteiger partial charge in [-0.3, -0.25) is 4.79 Å². The number of nitrogens with zero attached hydrogens (tertiary/aromatic N) is 1. The molecule has 5 nitrogen and oxygen atoms in total. The number of carbonyl (C=O) groups excluding carboxylic acids is 1. The van der Waals surface area contributed by atoms with E-state index in [2.05, 4.69) is 0 Å². The third-order valence-electron chi connectivity index (χ3n) is 4.65. The fourth-order valence-electron chi connectivity index (χ4n) is 2.91. The van der Waals surface area contributed by atoms with Crippen LogP contribution in [0, 0.1) is 11.6 Å². The number of amides is 1. The van der Waals surface area contributed by atoms with Gasteiger partial charge in [-0.15, -0.1) is 0 Å². The van der Waals surface area contributed by atoms with Gasteiger partial charge in [0.1, 0.15) is 34.8 Å². The van der Waals surface area contributed by atoms with Crippen LogP contribution in [0.15, 0.2) is 42.5 Å². The normalized spacial score (nSPS) is 22.0. The second kappa shape index (κ2) is 8.32. The Morgan fingerprint density at radius 3 is 2.79 bits per heavy atom. The summed E-state index contributed by atoms with van der Waals surface area (Å²) < 4.78 is 37.7. The highest BCUT2D eigenvalue weighted by Crippen LogP contribution is 2.27. The van der Waals surface area contributed by atoms with E-state index in [0.29, 0.717) is 13.0 Å². The zero-order valence-electron chi connectivity index (χ0n) is 15.2. The number of carbonyl (C=O) groups is 1. The summed E-state index contributed by atoms with van der Waals surface area (Å²) >= 11 is 5.70. The molecule has 2 aromatic rings. The highest BCUT2D eigenvalue weighted by molar-refractivity contribution is 6.30. The van der Waals surface area contributed by atoms with Crippen LogP contribution in [0.3, 0.4) is 0 Å². The van der Waals surface area contributed by atoms with E-state index in [0.717, 1.165) is 6.07 Å². The molecule has 0 bridgehead atoms. The highest BCUT2D eigenvalue weighted by Gasteiger charge is 2.41. The molecule has 8 heteroatoms. The van der Waals surface area contributed by atoms with Gasteiger partial charge in [0.2, 0.25) is 0 Å². The van der Waals surface area contributed by atoms with Gasteiger partial charge in [-0.2, -0.15) is 0 Å². The Morgan fingerprint density at radius 2 is 2.07 bits per heavy atom. The van der Waals surface area contributed by atoms with Gasteiger partial charge in [0.15, 0.2) is 6.61 Å². The van der Waals surface area contributed by atoms with Gasteiger partial charge in [-0.1, -0.05) is 17.7 Å². The van der Waals surface area contributed by atoms with Crippen LogP contribution in [-0.4, -0.2) is 47.3 Å². The molecule has 1 saturated heterocycles. The average Bonchev–Trinajstić information content (AvgIpc) is 2.64. The average molecular weight is 412 g/mol. The molecule has 3 rings (SSSR count). The molecule has 1 aliphatic heterocycles.